The molecule has 0 aromatic heterocycles. The van der Waals surface area contributed by atoms with E-state index >= 15 is 0 Å². The van der Waals surface area contributed by atoms with Crippen molar-refractivity contribution in [3.05, 3.63) is 87.5 Å². The molecule has 5 heteroatoms. The Morgan fingerprint density at radius 2 is 1.35 bits per heavy atom. The summed E-state index contributed by atoms with van der Waals surface area (Å²) in [5.41, 5.74) is 4.40. The van der Waals surface area contributed by atoms with Gasteiger partial charge in [0.05, 0.1) is 0 Å². The third kappa shape index (κ3) is 3.92. The van der Waals surface area contributed by atoms with Crippen LogP contribution in [0.25, 0.3) is 0 Å². The number of rotatable bonds is 2. The molecule has 3 aliphatic rings. The number of carbonyl (C=O) groups is 2. The fourth-order valence-electron chi connectivity index (χ4n) is 5.89. The molecule has 1 aliphatic heterocycles. The van der Waals surface area contributed by atoms with Crippen LogP contribution in [-0.4, -0.2) is 11.6 Å². The van der Waals surface area contributed by atoms with Gasteiger partial charge in [-0.15, -0.1) is 0 Å². The summed E-state index contributed by atoms with van der Waals surface area (Å²) in [6.45, 7) is 8.41. The van der Waals surface area contributed by atoms with E-state index in [0.717, 1.165) is 22.6 Å². The fraction of sp³-hybridized carbons (Fsp3) is 0.379. The monoisotopic (exact) mass is 477 g/mol. The van der Waals surface area contributed by atoms with E-state index in [1.165, 1.54) is 12.1 Å². The quantitative estimate of drug-likeness (QED) is 0.453. The van der Waals surface area contributed by atoms with E-state index in [1.807, 2.05) is 18.2 Å². The van der Waals surface area contributed by atoms with Crippen LogP contribution >= 0.6 is 11.6 Å². The predicted molar refractivity (Wildman–Crippen MR) is 133 cm³/mol. The molecule has 34 heavy (non-hydrogen) atoms. The molecule has 0 fully saturated rings. The topological polar surface area (TPSA) is 37.4 Å². The Balaban J connectivity index is 1.83. The maximum Gasteiger partial charge on any atom is 0.162 e. The minimum Gasteiger partial charge on any atom is -0.317 e. The van der Waals surface area contributed by atoms with E-state index < -0.39 is 5.92 Å². The van der Waals surface area contributed by atoms with E-state index in [2.05, 4.69) is 32.6 Å². The lowest BCUT2D eigenvalue weighted by Gasteiger charge is -2.49. The maximum absolute atomic E-state index is 13.8. The molecule has 2 aliphatic carbocycles. The first kappa shape index (κ1) is 23.0. The number of allylic oxidation sites excluding steroid dienone is 4. The average molecular weight is 478 g/mol. The Bertz CT molecular complexity index is 1220. The summed E-state index contributed by atoms with van der Waals surface area (Å²) in [6, 6.07) is 13.9. The van der Waals surface area contributed by atoms with Crippen LogP contribution in [-0.2, 0) is 9.59 Å². The van der Waals surface area contributed by atoms with Gasteiger partial charge in [-0.05, 0) is 65.6 Å². The molecule has 0 saturated heterocycles. The van der Waals surface area contributed by atoms with Crippen LogP contribution in [0.5, 0.6) is 0 Å². The van der Waals surface area contributed by atoms with Crippen LogP contribution in [0.3, 0.4) is 0 Å². The van der Waals surface area contributed by atoms with Crippen LogP contribution < -0.4 is 4.90 Å². The molecule has 0 bridgehead atoms. The highest BCUT2D eigenvalue weighted by Crippen LogP contribution is 2.55. The smallest absolute Gasteiger partial charge is 0.162 e. The van der Waals surface area contributed by atoms with E-state index in [0.29, 0.717) is 41.9 Å². The number of nitrogens with zero attached hydrogens (tertiary/aromatic N) is 1. The lowest BCUT2D eigenvalue weighted by atomic mass is 9.63. The largest absolute Gasteiger partial charge is 0.317 e. The third-order valence-corrected chi connectivity index (χ3v) is 7.41. The van der Waals surface area contributed by atoms with Crippen molar-refractivity contribution < 1.29 is 14.0 Å². The summed E-state index contributed by atoms with van der Waals surface area (Å²) in [5.74, 6) is -0.631. The normalized spacial score (nSPS) is 22.1. The Morgan fingerprint density at radius 3 is 1.85 bits per heavy atom. The molecule has 1 heterocycles. The molecule has 0 spiro atoms. The zero-order valence-corrected chi connectivity index (χ0v) is 20.8. The minimum atomic E-state index is -0.437. The standard InChI is InChI=1S/C29H29ClFNO2/c1-28(2)13-21-26(23(33)15-28)25(17-6-5-7-18(30)12-17)27-22(14-29(3,4)16-24(27)34)32(21)20-10-8-19(31)9-11-20/h5-12,25H,13-16H2,1-4H3. The van der Waals surface area contributed by atoms with Crippen molar-refractivity contribution in [3.63, 3.8) is 0 Å². The average Bonchev–Trinajstić information content (AvgIpc) is 2.71. The van der Waals surface area contributed by atoms with Crippen molar-refractivity contribution in [1.82, 2.24) is 0 Å². The number of halogens is 2. The molecule has 0 amide bonds. The molecule has 5 rings (SSSR count). The molecule has 0 atom stereocenters. The van der Waals surface area contributed by atoms with E-state index in [9.17, 15) is 14.0 Å². The summed E-state index contributed by atoms with van der Waals surface area (Å²) in [6.07, 6.45) is 2.22. The van der Waals surface area contributed by atoms with Gasteiger partial charge in [-0.2, -0.15) is 0 Å². The molecule has 0 N–H and O–H groups in total. The van der Waals surface area contributed by atoms with Gasteiger partial charge in [0.1, 0.15) is 5.82 Å². The number of hydrogen-bond donors (Lipinski definition) is 0. The first-order valence-electron chi connectivity index (χ1n) is 11.8. The summed E-state index contributed by atoms with van der Waals surface area (Å²) in [7, 11) is 0. The molecule has 0 radical (unpaired) electrons. The second-order valence-corrected chi connectivity index (χ2v) is 11.8. The highest BCUT2D eigenvalue weighted by atomic mass is 35.5. The van der Waals surface area contributed by atoms with E-state index in [-0.39, 0.29) is 28.2 Å². The Morgan fingerprint density at radius 1 is 0.824 bits per heavy atom. The minimum absolute atomic E-state index is 0.0625. The fourth-order valence-corrected chi connectivity index (χ4v) is 6.09. The molecular formula is C29H29ClFNO2. The zero-order chi connectivity index (χ0) is 24.4. The van der Waals surface area contributed by atoms with Crippen molar-refractivity contribution >= 4 is 28.9 Å². The molecule has 176 valence electrons. The second-order valence-electron chi connectivity index (χ2n) is 11.4. The molecule has 2 aromatic carbocycles. The number of benzene rings is 2. The lowest BCUT2D eigenvalue weighted by Crippen LogP contribution is -2.44. The van der Waals surface area contributed by atoms with Crippen LogP contribution in [0, 0.1) is 16.6 Å². The van der Waals surface area contributed by atoms with Crippen molar-refractivity contribution in [2.75, 3.05) is 4.90 Å². The summed E-state index contributed by atoms with van der Waals surface area (Å²) >= 11 is 6.37. The summed E-state index contributed by atoms with van der Waals surface area (Å²) < 4.78 is 13.8. The van der Waals surface area contributed by atoms with Crippen molar-refractivity contribution in [3.8, 4) is 0 Å². The van der Waals surface area contributed by atoms with Gasteiger partial charge in [-0.25, -0.2) is 4.39 Å². The maximum atomic E-state index is 13.8. The number of anilines is 1. The highest BCUT2D eigenvalue weighted by molar-refractivity contribution is 6.30. The lowest BCUT2D eigenvalue weighted by molar-refractivity contribution is -0.119. The molecular weight excluding hydrogens is 449 g/mol. The van der Waals surface area contributed by atoms with E-state index in [4.69, 9.17) is 11.6 Å². The summed E-state index contributed by atoms with van der Waals surface area (Å²) in [4.78, 5) is 29.6. The number of carbonyl (C=O) groups excluding carboxylic acids is 2. The Kier molecular flexibility index (Phi) is 5.36. The van der Waals surface area contributed by atoms with E-state index in [1.54, 1.807) is 18.2 Å². The van der Waals surface area contributed by atoms with Crippen LogP contribution in [0.4, 0.5) is 10.1 Å². The zero-order valence-electron chi connectivity index (χ0n) is 20.0. The Hall–Kier alpha value is -2.72. The van der Waals surface area contributed by atoms with Crippen molar-refractivity contribution in [2.24, 2.45) is 10.8 Å². The van der Waals surface area contributed by atoms with Crippen LogP contribution in [0.2, 0.25) is 5.02 Å². The van der Waals surface area contributed by atoms with Gasteiger partial charge in [-0.3, -0.25) is 9.59 Å². The van der Waals surface area contributed by atoms with Gasteiger partial charge in [0, 0.05) is 52.0 Å². The van der Waals surface area contributed by atoms with Gasteiger partial charge in [0.2, 0.25) is 0 Å². The van der Waals surface area contributed by atoms with Crippen molar-refractivity contribution in [2.45, 2.75) is 59.3 Å². The second kappa shape index (κ2) is 7.91. The van der Waals surface area contributed by atoms with Gasteiger partial charge < -0.3 is 4.90 Å². The van der Waals surface area contributed by atoms with Gasteiger partial charge in [0.25, 0.3) is 0 Å². The number of hydrogen-bond acceptors (Lipinski definition) is 3. The number of Topliss-reactive ketones (excluding diaryl/α,β-unsaturated/α-hetero) is 2. The third-order valence-electron chi connectivity index (χ3n) is 7.18. The summed E-state index contributed by atoms with van der Waals surface area (Å²) in [5, 5.41) is 0.579. The molecule has 3 nitrogen and oxygen atoms in total. The first-order chi connectivity index (χ1) is 16.0. The van der Waals surface area contributed by atoms with Crippen LogP contribution in [0.15, 0.2) is 71.1 Å². The van der Waals surface area contributed by atoms with Crippen LogP contribution in [0.1, 0.15) is 64.9 Å². The Labute approximate surface area is 205 Å². The van der Waals surface area contributed by atoms with Gasteiger partial charge in [0.15, 0.2) is 11.6 Å². The molecule has 2 aromatic rings. The van der Waals surface area contributed by atoms with Crippen molar-refractivity contribution in [1.29, 1.82) is 0 Å². The highest BCUT2D eigenvalue weighted by Gasteiger charge is 2.49. The predicted octanol–water partition coefficient (Wildman–Crippen LogP) is 7.37. The first-order valence-corrected chi connectivity index (χ1v) is 12.2. The molecule has 0 saturated carbocycles. The van der Waals surface area contributed by atoms with Gasteiger partial charge in [-0.1, -0.05) is 51.4 Å². The number of ketones is 2. The van der Waals surface area contributed by atoms with Gasteiger partial charge >= 0.3 is 0 Å². The molecule has 0 unspecified atom stereocenters. The SMILES string of the molecule is CC1(C)CC(=O)C2=C(C1)N(c1ccc(F)cc1)C1=C(C(=O)CC(C)(C)C1)C2c1cccc(Cl)c1.